The van der Waals surface area contributed by atoms with Gasteiger partial charge in [-0.25, -0.2) is 4.98 Å². The molecule has 1 aromatic heterocycles. The number of methoxy groups -OCH3 is 3. The normalized spacial score (nSPS) is 14.8. The number of amides is 1. The van der Waals surface area contributed by atoms with Crippen molar-refractivity contribution in [3.63, 3.8) is 0 Å². The van der Waals surface area contributed by atoms with Crippen molar-refractivity contribution in [1.29, 1.82) is 0 Å². The zero-order valence-corrected chi connectivity index (χ0v) is 19.5. The smallest absolute Gasteiger partial charge is 0.265 e. The molecule has 1 saturated heterocycles. The second kappa shape index (κ2) is 9.66. The van der Waals surface area contributed by atoms with Crippen LogP contribution in [0.3, 0.4) is 0 Å². The molecule has 0 radical (unpaired) electrons. The number of ether oxygens (including phenoxy) is 3. The van der Waals surface area contributed by atoms with Gasteiger partial charge in [0.1, 0.15) is 4.88 Å². The minimum absolute atomic E-state index is 0.0975. The number of thiazole rings is 1. The van der Waals surface area contributed by atoms with Crippen LogP contribution in [0, 0.1) is 6.92 Å². The van der Waals surface area contributed by atoms with Gasteiger partial charge in [-0.15, -0.1) is 11.3 Å². The van der Waals surface area contributed by atoms with Gasteiger partial charge in [0.05, 0.1) is 32.0 Å². The van der Waals surface area contributed by atoms with Crippen LogP contribution in [0.15, 0.2) is 12.1 Å². The van der Waals surface area contributed by atoms with Gasteiger partial charge in [0.2, 0.25) is 5.75 Å². The second-order valence-corrected chi connectivity index (χ2v) is 8.71. The van der Waals surface area contributed by atoms with Crippen molar-refractivity contribution < 1.29 is 19.0 Å². The highest BCUT2D eigenvalue weighted by Gasteiger charge is 2.27. The summed E-state index contributed by atoms with van der Waals surface area (Å²) in [5.74, 6) is 2.38. The third kappa shape index (κ3) is 4.54. The summed E-state index contributed by atoms with van der Waals surface area (Å²) < 4.78 is 16.5. The van der Waals surface area contributed by atoms with Crippen LogP contribution in [0.2, 0.25) is 0 Å². The Balaban J connectivity index is 1.66. The maximum absolute atomic E-state index is 13.0. The van der Waals surface area contributed by atoms with Gasteiger partial charge in [-0.3, -0.25) is 9.69 Å². The first-order valence-corrected chi connectivity index (χ1v) is 11.0. The van der Waals surface area contributed by atoms with E-state index in [1.54, 1.807) is 21.3 Å². The molecule has 30 heavy (non-hydrogen) atoms. The summed E-state index contributed by atoms with van der Waals surface area (Å²) in [5.41, 5.74) is 1.88. The van der Waals surface area contributed by atoms with E-state index in [2.05, 4.69) is 23.7 Å². The molecule has 0 spiro atoms. The molecule has 1 aliphatic heterocycles. The Morgan fingerprint density at radius 1 is 1.07 bits per heavy atom. The predicted molar refractivity (Wildman–Crippen MR) is 118 cm³/mol. The quantitative estimate of drug-likeness (QED) is 0.665. The largest absolute Gasteiger partial charge is 0.493 e. The molecule has 7 nitrogen and oxygen atoms in total. The lowest BCUT2D eigenvalue weighted by atomic mass is 10.1. The van der Waals surface area contributed by atoms with E-state index in [-0.39, 0.29) is 5.91 Å². The summed E-state index contributed by atoms with van der Waals surface area (Å²) in [4.78, 5) is 22.6. The Morgan fingerprint density at radius 2 is 1.73 bits per heavy atom. The van der Waals surface area contributed by atoms with E-state index in [1.165, 1.54) is 11.3 Å². The van der Waals surface area contributed by atoms with Crippen molar-refractivity contribution in [3.05, 3.63) is 33.3 Å². The minimum atomic E-state index is 0.0975. The van der Waals surface area contributed by atoms with Gasteiger partial charge in [0.25, 0.3) is 5.91 Å². The van der Waals surface area contributed by atoms with Crippen LogP contribution in [0.25, 0.3) is 0 Å². The lowest BCUT2D eigenvalue weighted by molar-refractivity contribution is 0.0631. The van der Waals surface area contributed by atoms with E-state index >= 15 is 0 Å². The number of benzene rings is 1. The lowest BCUT2D eigenvalue weighted by Crippen LogP contribution is -2.48. The van der Waals surface area contributed by atoms with E-state index < -0.39 is 0 Å². The molecule has 8 heteroatoms. The molecule has 2 heterocycles. The van der Waals surface area contributed by atoms with Crippen molar-refractivity contribution in [2.75, 3.05) is 47.5 Å². The average Bonchev–Trinajstić information content (AvgIpc) is 3.15. The standard InChI is InChI=1S/C22H31N3O4S/c1-14(2)21-23-15(3)20(30-21)22(26)25-11-9-24(10-12-25)13-16-7-8-17(27-4)19(29-6)18(16)28-5/h7-8,14H,9-13H2,1-6H3. The highest BCUT2D eigenvalue weighted by molar-refractivity contribution is 7.13. The summed E-state index contributed by atoms with van der Waals surface area (Å²) in [6, 6.07) is 3.90. The molecular weight excluding hydrogens is 402 g/mol. The molecule has 1 fully saturated rings. The average molecular weight is 434 g/mol. The van der Waals surface area contributed by atoms with Crippen molar-refractivity contribution in [2.45, 2.75) is 33.2 Å². The van der Waals surface area contributed by atoms with Gasteiger partial charge in [-0.1, -0.05) is 19.9 Å². The van der Waals surface area contributed by atoms with Gasteiger partial charge in [0, 0.05) is 44.2 Å². The summed E-state index contributed by atoms with van der Waals surface area (Å²) in [7, 11) is 4.86. The van der Waals surface area contributed by atoms with E-state index in [9.17, 15) is 4.79 Å². The Bertz CT molecular complexity index is 889. The fourth-order valence-corrected chi connectivity index (χ4v) is 4.68. The van der Waals surface area contributed by atoms with Crippen LogP contribution in [0.5, 0.6) is 17.2 Å². The Labute approximate surface area is 182 Å². The fourth-order valence-electron chi connectivity index (χ4n) is 3.64. The topological polar surface area (TPSA) is 64.1 Å². The van der Waals surface area contributed by atoms with Crippen LogP contribution in [-0.4, -0.2) is 68.2 Å². The summed E-state index contributed by atoms with van der Waals surface area (Å²) in [5, 5.41) is 1.02. The zero-order chi connectivity index (χ0) is 21.8. The molecule has 1 amide bonds. The maximum atomic E-state index is 13.0. The molecule has 1 aliphatic rings. The van der Waals surface area contributed by atoms with Gasteiger partial charge < -0.3 is 19.1 Å². The van der Waals surface area contributed by atoms with E-state index in [1.807, 2.05) is 24.0 Å². The Kier molecular flexibility index (Phi) is 7.20. The SMILES string of the molecule is COc1ccc(CN2CCN(C(=O)c3sc(C(C)C)nc3C)CC2)c(OC)c1OC. The minimum Gasteiger partial charge on any atom is -0.493 e. The number of aryl methyl sites for hydroxylation is 1. The highest BCUT2D eigenvalue weighted by Crippen LogP contribution is 2.40. The molecule has 0 unspecified atom stereocenters. The van der Waals surface area contributed by atoms with Gasteiger partial charge >= 0.3 is 0 Å². The molecule has 1 aromatic carbocycles. The van der Waals surface area contributed by atoms with Crippen LogP contribution < -0.4 is 14.2 Å². The number of carbonyl (C=O) groups is 1. The van der Waals surface area contributed by atoms with E-state index in [0.29, 0.717) is 36.3 Å². The fraction of sp³-hybridized carbons (Fsp3) is 0.545. The van der Waals surface area contributed by atoms with E-state index in [0.717, 1.165) is 40.8 Å². The van der Waals surface area contributed by atoms with E-state index in [4.69, 9.17) is 14.2 Å². The first-order valence-electron chi connectivity index (χ1n) is 10.2. The molecule has 0 aliphatic carbocycles. The number of carbonyl (C=O) groups excluding carboxylic acids is 1. The highest BCUT2D eigenvalue weighted by atomic mass is 32.1. The number of aromatic nitrogens is 1. The Hall–Kier alpha value is -2.32. The number of hydrogen-bond donors (Lipinski definition) is 0. The summed E-state index contributed by atoms with van der Waals surface area (Å²) >= 11 is 1.53. The molecule has 0 bridgehead atoms. The zero-order valence-electron chi connectivity index (χ0n) is 18.7. The monoisotopic (exact) mass is 433 g/mol. The van der Waals surface area contributed by atoms with Gasteiger partial charge in [-0.05, 0) is 13.0 Å². The second-order valence-electron chi connectivity index (χ2n) is 7.68. The van der Waals surface area contributed by atoms with Gasteiger partial charge in [-0.2, -0.15) is 0 Å². The third-order valence-electron chi connectivity index (χ3n) is 5.34. The molecule has 0 saturated carbocycles. The third-order valence-corrected chi connectivity index (χ3v) is 6.79. The molecular formula is C22H31N3O4S. The van der Waals surface area contributed by atoms with Crippen molar-refractivity contribution >= 4 is 17.2 Å². The number of hydrogen-bond acceptors (Lipinski definition) is 7. The molecule has 2 aromatic rings. The Morgan fingerprint density at radius 3 is 2.27 bits per heavy atom. The predicted octanol–water partition coefficient (Wildman–Crippen LogP) is 3.56. The molecule has 0 atom stereocenters. The number of nitrogens with zero attached hydrogens (tertiary/aromatic N) is 3. The number of rotatable bonds is 7. The first kappa shape index (κ1) is 22.4. The number of piperazine rings is 1. The summed E-state index contributed by atoms with van der Waals surface area (Å²) in [6.45, 7) is 9.86. The molecule has 164 valence electrons. The van der Waals surface area contributed by atoms with Crippen LogP contribution in [-0.2, 0) is 6.54 Å². The lowest BCUT2D eigenvalue weighted by Gasteiger charge is -2.35. The first-order chi connectivity index (χ1) is 14.4. The molecule has 3 rings (SSSR count). The van der Waals surface area contributed by atoms with Crippen molar-refractivity contribution in [1.82, 2.24) is 14.8 Å². The van der Waals surface area contributed by atoms with Crippen LogP contribution in [0.4, 0.5) is 0 Å². The van der Waals surface area contributed by atoms with Crippen molar-refractivity contribution in [2.24, 2.45) is 0 Å². The van der Waals surface area contributed by atoms with Gasteiger partial charge in [0.15, 0.2) is 11.5 Å². The summed E-state index contributed by atoms with van der Waals surface area (Å²) in [6.07, 6.45) is 0. The van der Waals surface area contributed by atoms with Crippen molar-refractivity contribution in [3.8, 4) is 17.2 Å². The van der Waals surface area contributed by atoms with Crippen LogP contribution >= 0.6 is 11.3 Å². The van der Waals surface area contributed by atoms with Crippen LogP contribution in [0.1, 0.15) is 45.7 Å². The molecule has 0 N–H and O–H groups in total. The maximum Gasteiger partial charge on any atom is 0.265 e.